The van der Waals surface area contributed by atoms with Crippen molar-refractivity contribution in [3.63, 3.8) is 0 Å². The van der Waals surface area contributed by atoms with E-state index in [0.717, 1.165) is 21.9 Å². The maximum absolute atomic E-state index is 13.1. The molecule has 0 aliphatic carbocycles. The van der Waals surface area contributed by atoms with Crippen molar-refractivity contribution in [2.75, 3.05) is 11.9 Å². The van der Waals surface area contributed by atoms with E-state index >= 15 is 0 Å². The van der Waals surface area contributed by atoms with Crippen LogP contribution in [0.15, 0.2) is 88.7 Å². The van der Waals surface area contributed by atoms with Crippen LogP contribution in [0.2, 0.25) is 0 Å². The molecule has 186 valence electrons. The largest absolute Gasteiger partial charge is 0.454 e. The van der Waals surface area contributed by atoms with Gasteiger partial charge in [0, 0.05) is 21.8 Å². The molecule has 0 heterocycles. The molecular formula is C26H24FN3O5S. The van der Waals surface area contributed by atoms with Crippen molar-refractivity contribution < 1.29 is 28.3 Å². The van der Waals surface area contributed by atoms with Crippen LogP contribution in [0, 0.1) is 5.82 Å². The van der Waals surface area contributed by atoms with E-state index in [1.807, 2.05) is 42.5 Å². The quantitative estimate of drug-likeness (QED) is 0.340. The SMILES string of the molecule is NC(=O)CC[C@H](NC(=O)c1ccc(F)cc1)C(=O)OCC(=O)Nc1ccccc1Sc1ccccc1. The highest BCUT2D eigenvalue weighted by atomic mass is 32.2. The first-order valence-electron chi connectivity index (χ1n) is 10.9. The highest BCUT2D eigenvalue weighted by Crippen LogP contribution is 2.33. The molecule has 3 amide bonds. The molecule has 0 fully saturated rings. The summed E-state index contributed by atoms with van der Waals surface area (Å²) in [7, 11) is 0. The van der Waals surface area contributed by atoms with E-state index in [9.17, 15) is 23.6 Å². The third-order valence-electron chi connectivity index (χ3n) is 4.85. The van der Waals surface area contributed by atoms with E-state index in [-0.39, 0.29) is 18.4 Å². The number of halogens is 1. The van der Waals surface area contributed by atoms with Crippen molar-refractivity contribution >= 4 is 41.1 Å². The molecule has 0 aliphatic heterocycles. The summed E-state index contributed by atoms with van der Waals surface area (Å²) in [5.74, 6) is -3.35. The van der Waals surface area contributed by atoms with Crippen molar-refractivity contribution in [1.82, 2.24) is 5.32 Å². The van der Waals surface area contributed by atoms with Crippen molar-refractivity contribution in [3.05, 3.63) is 90.2 Å². The average Bonchev–Trinajstić information content (AvgIpc) is 2.87. The van der Waals surface area contributed by atoms with Gasteiger partial charge in [-0.1, -0.05) is 42.1 Å². The molecule has 0 radical (unpaired) electrons. The molecule has 4 N–H and O–H groups in total. The molecule has 3 aromatic carbocycles. The number of benzene rings is 3. The third-order valence-corrected chi connectivity index (χ3v) is 5.94. The Kier molecular flexibility index (Phi) is 9.58. The van der Waals surface area contributed by atoms with Crippen molar-refractivity contribution in [2.45, 2.75) is 28.7 Å². The lowest BCUT2D eigenvalue weighted by atomic mass is 10.1. The van der Waals surface area contributed by atoms with Crippen LogP contribution in [0.25, 0.3) is 0 Å². The van der Waals surface area contributed by atoms with Gasteiger partial charge in [0.15, 0.2) is 6.61 Å². The molecule has 0 unspecified atom stereocenters. The molecule has 0 aromatic heterocycles. The van der Waals surface area contributed by atoms with Gasteiger partial charge in [0.05, 0.1) is 5.69 Å². The van der Waals surface area contributed by atoms with Crippen molar-refractivity contribution in [1.29, 1.82) is 0 Å². The normalized spacial score (nSPS) is 11.2. The number of nitrogens with two attached hydrogens (primary N) is 1. The summed E-state index contributed by atoms with van der Waals surface area (Å²) < 4.78 is 18.2. The zero-order valence-corrected chi connectivity index (χ0v) is 19.9. The zero-order valence-electron chi connectivity index (χ0n) is 19.1. The summed E-state index contributed by atoms with van der Waals surface area (Å²) in [5.41, 5.74) is 5.82. The minimum atomic E-state index is -1.23. The summed E-state index contributed by atoms with van der Waals surface area (Å²) in [6, 6.07) is 20.3. The highest BCUT2D eigenvalue weighted by Gasteiger charge is 2.24. The number of carbonyl (C=O) groups is 4. The summed E-state index contributed by atoms with van der Waals surface area (Å²) >= 11 is 1.46. The fourth-order valence-corrected chi connectivity index (χ4v) is 4.00. The standard InChI is InChI=1S/C26H24FN3O5S/c27-18-12-10-17(11-13-18)25(33)30-21(14-15-23(28)31)26(34)35-16-24(32)29-20-8-4-5-9-22(20)36-19-6-2-1-3-7-19/h1-13,21H,14-16H2,(H2,28,31)(H,29,32)(H,30,33)/t21-/m0/s1. The third kappa shape index (κ3) is 8.24. The summed E-state index contributed by atoms with van der Waals surface area (Å²) in [6.45, 7) is -0.608. The van der Waals surface area contributed by atoms with E-state index in [0.29, 0.717) is 5.69 Å². The number of anilines is 1. The van der Waals surface area contributed by atoms with Gasteiger partial charge in [-0.2, -0.15) is 0 Å². The Morgan fingerprint density at radius 1 is 0.917 bits per heavy atom. The fourth-order valence-electron chi connectivity index (χ4n) is 3.08. The highest BCUT2D eigenvalue weighted by molar-refractivity contribution is 7.99. The van der Waals surface area contributed by atoms with Crippen molar-refractivity contribution in [3.8, 4) is 0 Å². The first-order valence-corrected chi connectivity index (χ1v) is 11.8. The Hall–Kier alpha value is -4.18. The van der Waals surface area contributed by atoms with Crippen LogP contribution in [0.3, 0.4) is 0 Å². The van der Waals surface area contributed by atoms with Crippen LogP contribution in [-0.4, -0.2) is 36.3 Å². The van der Waals surface area contributed by atoms with Crippen LogP contribution in [0.1, 0.15) is 23.2 Å². The molecule has 0 spiro atoms. The van der Waals surface area contributed by atoms with E-state index in [1.54, 1.807) is 12.1 Å². The minimum absolute atomic E-state index is 0.110. The average molecular weight is 510 g/mol. The first kappa shape index (κ1) is 26.4. The molecule has 0 bridgehead atoms. The zero-order chi connectivity index (χ0) is 25.9. The molecular weight excluding hydrogens is 485 g/mol. The Morgan fingerprint density at radius 3 is 2.28 bits per heavy atom. The number of hydrogen-bond donors (Lipinski definition) is 3. The number of para-hydroxylation sites is 1. The number of amides is 3. The van der Waals surface area contributed by atoms with Gasteiger partial charge in [0.2, 0.25) is 5.91 Å². The van der Waals surface area contributed by atoms with Crippen LogP contribution >= 0.6 is 11.8 Å². The Labute approximate surface area is 211 Å². The van der Waals surface area contributed by atoms with Crippen LogP contribution in [-0.2, 0) is 19.1 Å². The molecule has 0 aliphatic rings. The van der Waals surface area contributed by atoms with Gasteiger partial charge in [-0.3, -0.25) is 14.4 Å². The Balaban J connectivity index is 1.60. The number of hydrogen-bond acceptors (Lipinski definition) is 6. The summed E-state index contributed by atoms with van der Waals surface area (Å²) in [6.07, 6.45) is -0.320. The molecule has 36 heavy (non-hydrogen) atoms. The lowest BCUT2D eigenvalue weighted by molar-refractivity contribution is -0.149. The van der Waals surface area contributed by atoms with E-state index in [1.165, 1.54) is 23.9 Å². The molecule has 3 rings (SSSR count). The van der Waals surface area contributed by atoms with Crippen LogP contribution < -0.4 is 16.4 Å². The second-order valence-corrected chi connectivity index (χ2v) is 8.72. The predicted octanol–water partition coefficient (Wildman–Crippen LogP) is 3.52. The van der Waals surface area contributed by atoms with Crippen molar-refractivity contribution in [2.24, 2.45) is 5.73 Å². The fraction of sp³-hybridized carbons (Fsp3) is 0.154. The maximum Gasteiger partial charge on any atom is 0.329 e. The van der Waals surface area contributed by atoms with E-state index in [2.05, 4.69) is 10.6 Å². The number of primary amides is 1. The second kappa shape index (κ2) is 13.1. The molecule has 1 atom stereocenters. The maximum atomic E-state index is 13.1. The van der Waals surface area contributed by atoms with Gasteiger partial charge in [-0.05, 0) is 55.0 Å². The number of rotatable bonds is 11. The monoisotopic (exact) mass is 509 g/mol. The molecule has 8 nitrogen and oxygen atoms in total. The molecule has 0 saturated carbocycles. The smallest absolute Gasteiger partial charge is 0.329 e. The van der Waals surface area contributed by atoms with Gasteiger partial charge < -0.3 is 21.1 Å². The summed E-state index contributed by atoms with van der Waals surface area (Å²) in [5, 5.41) is 5.15. The topological polar surface area (TPSA) is 128 Å². The predicted molar refractivity (Wildman–Crippen MR) is 133 cm³/mol. The van der Waals surface area contributed by atoms with Gasteiger partial charge in [-0.25, -0.2) is 9.18 Å². The number of carbonyl (C=O) groups excluding carboxylic acids is 4. The number of ether oxygens (including phenoxy) is 1. The minimum Gasteiger partial charge on any atom is -0.454 e. The van der Waals surface area contributed by atoms with Gasteiger partial charge >= 0.3 is 5.97 Å². The summed E-state index contributed by atoms with van der Waals surface area (Å²) in [4.78, 5) is 50.5. The van der Waals surface area contributed by atoms with Gasteiger partial charge in [0.1, 0.15) is 11.9 Å². The molecule has 0 saturated heterocycles. The molecule has 10 heteroatoms. The van der Waals surface area contributed by atoms with E-state index < -0.39 is 42.2 Å². The lowest BCUT2D eigenvalue weighted by Gasteiger charge is -2.17. The Morgan fingerprint density at radius 2 is 1.58 bits per heavy atom. The first-order chi connectivity index (χ1) is 17.3. The van der Waals surface area contributed by atoms with Gasteiger partial charge in [0.25, 0.3) is 11.8 Å². The van der Waals surface area contributed by atoms with Crippen LogP contribution in [0.4, 0.5) is 10.1 Å². The number of esters is 1. The van der Waals surface area contributed by atoms with Gasteiger partial charge in [-0.15, -0.1) is 0 Å². The Bertz CT molecular complexity index is 1220. The van der Waals surface area contributed by atoms with E-state index in [4.69, 9.17) is 10.5 Å². The lowest BCUT2D eigenvalue weighted by Crippen LogP contribution is -2.43. The van der Waals surface area contributed by atoms with Crippen LogP contribution in [0.5, 0.6) is 0 Å². The number of nitrogens with one attached hydrogen (secondary N) is 2. The second-order valence-electron chi connectivity index (χ2n) is 7.61. The molecule has 3 aromatic rings.